The standard InChI is InChI=1S/C25H27F3N4O3/c1-14(17-7-6-8-19(22(17)26)25(27,28)24(3,4)33)30-23-18-12-21(35-10-9-34-5)16(13-29)11-20(18)31-15(2)32-23/h6-8,11-12,14,33H,9-10H2,1-5H3,(H,30,31,32). The van der Waals surface area contributed by atoms with Crippen molar-refractivity contribution in [3.8, 4) is 11.8 Å². The highest BCUT2D eigenvalue weighted by Gasteiger charge is 2.49. The number of fused-ring (bicyclic) bond motifs is 1. The van der Waals surface area contributed by atoms with Crippen LogP contribution in [0.5, 0.6) is 5.75 Å². The molecule has 1 aromatic heterocycles. The molecule has 2 aromatic carbocycles. The summed E-state index contributed by atoms with van der Waals surface area (Å²) < 4.78 is 55.3. The van der Waals surface area contributed by atoms with E-state index in [0.717, 1.165) is 19.9 Å². The number of nitrogens with zero attached hydrogens (tertiary/aromatic N) is 3. The maximum atomic E-state index is 15.2. The fourth-order valence-electron chi connectivity index (χ4n) is 3.56. The Morgan fingerprint density at radius 3 is 2.54 bits per heavy atom. The number of anilines is 1. The molecule has 0 spiro atoms. The molecule has 0 fully saturated rings. The second-order valence-electron chi connectivity index (χ2n) is 8.65. The highest BCUT2D eigenvalue weighted by molar-refractivity contribution is 5.91. The van der Waals surface area contributed by atoms with E-state index in [2.05, 4.69) is 21.4 Å². The Morgan fingerprint density at radius 1 is 1.20 bits per heavy atom. The van der Waals surface area contributed by atoms with Gasteiger partial charge in [0, 0.05) is 18.1 Å². The molecule has 7 nitrogen and oxygen atoms in total. The van der Waals surface area contributed by atoms with E-state index in [0.29, 0.717) is 34.9 Å². The number of benzene rings is 2. The van der Waals surface area contributed by atoms with Crippen LogP contribution in [-0.2, 0) is 10.7 Å². The fourth-order valence-corrected chi connectivity index (χ4v) is 3.56. The Morgan fingerprint density at radius 2 is 1.91 bits per heavy atom. The summed E-state index contributed by atoms with van der Waals surface area (Å²) in [4.78, 5) is 8.77. The second kappa shape index (κ2) is 10.1. The first kappa shape index (κ1) is 26.2. The summed E-state index contributed by atoms with van der Waals surface area (Å²) in [6.45, 7) is 5.66. The fraction of sp³-hybridized carbons (Fsp3) is 0.400. The Kier molecular flexibility index (Phi) is 7.53. The van der Waals surface area contributed by atoms with Crippen LogP contribution in [-0.4, -0.2) is 41.0 Å². The van der Waals surface area contributed by atoms with Gasteiger partial charge in [0.15, 0.2) is 0 Å². The number of aromatic nitrogens is 2. The molecule has 2 N–H and O–H groups in total. The number of nitrogens with one attached hydrogen (secondary N) is 1. The zero-order valence-corrected chi connectivity index (χ0v) is 20.1. The molecule has 186 valence electrons. The topological polar surface area (TPSA) is 100 Å². The van der Waals surface area contributed by atoms with Crippen molar-refractivity contribution in [1.82, 2.24) is 9.97 Å². The highest BCUT2D eigenvalue weighted by atomic mass is 19.3. The molecule has 1 atom stereocenters. The minimum absolute atomic E-state index is 0.0268. The van der Waals surface area contributed by atoms with Gasteiger partial charge in [-0.1, -0.05) is 12.1 Å². The number of hydrogen-bond donors (Lipinski definition) is 2. The molecular weight excluding hydrogens is 461 g/mol. The van der Waals surface area contributed by atoms with Crippen LogP contribution in [0.15, 0.2) is 30.3 Å². The molecule has 0 amide bonds. The van der Waals surface area contributed by atoms with Gasteiger partial charge < -0.3 is 19.9 Å². The SMILES string of the molecule is COCCOc1cc2c(NC(C)c3cccc(C(F)(F)C(C)(C)O)c3F)nc(C)nc2cc1C#N. The molecule has 0 bridgehead atoms. The predicted molar refractivity (Wildman–Crippen MR) is 125 cm³/mol. The Bertz CT molecular complexity index is 1270. The zero-order valence-electron chi connectivity index (χ0n) is 20.1. The Labute approximate surface area is 201 Å². The van der Waals surface area contributed by atoms with Gasteiger partial charge in [-0.25, -0.2) is 14.4 Å². The smallest absolute Gasteiger partial charge is 0.303 e. The van der Waals surface area contributed by atoms with Gasteiger partial charge in [-0.2, -0.15) is 14.0 Å². The van der Waals surface area contributed by atoms with Gasteiger partial charge in [0.2, 0.25) is 0 Å². The van der Waals surface area contributed by atoms with Crippen LogP contribution in [0.1, 0.15) is 49.3 Å². The molecule has 0 aliphatic heterocycles. The molecule has 0 aliphatic rings. The van der Waals surface area contributed by atoms with Crippen LogP contribution >= 0.6 is 0 Å². The van der Waals surface area contributed by atoms with Crippen LogP contribution < -0.4 is 10.1 Å². The molecule has 1 heterocycles. The summed E-state index contributed by atoms with van der Waals surface area (Å²) in [5, 5.41) is 23.0. The highest BCUT2D eigenvalue weighted by Crippen LogP contribution is 2.41. The van der Waals surface area contributed by atoms with Gasteiger partial charge in [-0.3, -0.25) is 0 Å². The monoisotopic (exact) mass is 488 g/mol. The van der Waals surface area contributed by atoms with Gasteiger partial charge >= 0.3 is 5.92 Å². The molecular formula is C25H27F3N4O3. The number of nitriles is 1. The van der Waals surface area contributed by atoms with Crippen LogP contribution in [0.25, 0.3) is 10.9 Å². The summed E-state index contributed by atoms with van der Waals surface area (Å²) in [7, 11) is 1.53. The van der Waals surface area contributed by atoms with Crippen molar-refractivity contribution in [2.24, 2.45) is 0 Å². The number of alkyl halides is 2. The third-order valence-corrected chi connectivity index (χ3v) is 5.53. The van der Waals surface area contributed by atoms with Gasteiger partial charge in [0.25, 0.3) is 0 Å². The Balaban J connectivity index is 2.04. The lowest BCUT2D eigenvalue weighted by Gasteiger charge is -2.30. The molecule has 35 heavy (non-hydrogen) atoms. The third kappa shape index (κ3) is 5.31. The predicted octanol–water partition coefficient (Wildman–Crippen LogP) is 5.01. The van der Waals surface area contributed by atoms with E-state index in [1.165, 1.54) is 19.2 Å². The van der Waals surface area contributed by atoms with Crippen molar-refractivity contribution < 1.29 is 27.8 Å². The van der Waals surface area contributed by atoms with Crippen LogP contribution in [0.3, 0.4) is 0 Å². The van der Waals surface area contributed by atoms with E-state index in [1.807, 2.05) is 0 Å². The van der Waals surface area contributed by atoms with E-state index in [1.54, 1.807) is 26.0 Å². The quantitative estimate of drug-likeness (QED) is 0.409. The summed E-state index contributed by atoms with van der Waals surface area (Å²) >= 11 is 0. The second-order valence-corrected chi connectivity index (χ2v) is 8.65. The number of halogens is 3. The van der Waals surface area contributed by atoms with Crippen LogP contribution in [0, 0.1) is 24.1 Å². The van der Waals surface area contributed by atoms with Gasteiger partial charge in [0.1, 0.15) is 41.5 Å². The average molecular weight is 489 g/mol. The normalized spacial score (nSPS) is 12.9. The lowest BCUT2D eigenvalue weighted by atomic mass is 9.91. The Hall–Kier alpha value is -3.42. The van der Waals surface area contributed by atoms with Crippen molar-refractivity contribution in [3.63, 3.8) is 0 Å². The summed E-state index contributed by atoms with van der Waals surface area (Å²) in [6.07, 6.45) is 0. The molecule has 10 heteroatoms. The van der Waals surface area contributed by atoms with Gasteiger partial charge in [-0.05, 0) is 45.9 Å². The van der Waals surface area contributed by atoms with Crippen molar-refractivity contribution in [2.75, 3.05) is 25.6 Å². The van der Waals surface area contributed by atoms with Gasteiger partial charge in [-0.15, -0.1) is 0 Å². The summed E-state index contributed by atoms with van der Waals surface area (Å²) in [5.74, 6) is -3.91. The van der Waals surface area contributed by atoms with E-state index in [-0.39, 0.29) is 17.7 Å². The molecule has 0 aliphatic carbocycles. The number of aryl methyl sites for hydroxylation is 1. The summed E-state index contributed by atoms with van der Waals surface area (Å²) in [6, 6.07) is 8.12. The van der Waals surface area contributed by atoms with Crippen molar-refractivity contribution in [2.45, 2.75) is 45.3 Å². The van der Waals surface area contributed by atoms with E-state index in [4.69, 9.17) is 9.47 Å². The maximum Gasteiger partial charge on any atom is 0.303 e. The van der Waals surface area contributed by atoms with Crippen molar-refractivity contribution in [3.05, 3.63) is 58.7 Å². The average Bonchev–Trinajstić information content (AvgIpc) is 2.78. The minimum Gasteiger partial charge on any atom is -0.490 e. The van der Waals surface area contributed by atoms with Crippen molar-refractivity contribution in [1.29, 1.82) is 5.26 Å². The number of aliphatic hydroxyl groups is 1. The van der Waals surface area contributed by atoms with Gasteiger partial charge in [0.05, 0.1) is 29.3 Å². The molecule has 0 radical (unpaired) electrons. The molecule has 3 aromatic rings. The minimum atomic E-state index is -3.81. The van der Waals surface area contributed by atoms with E-state index in [9.17, 15) is 19.1 Å². The number of ether oxygens (including phenoxy) is 2. The zero-order chi connectivity index (χ0) is 26.0. The number of hydrogen-bond acceptors (Lipinski definition) is 7. The number of rotatable bonds is 9. The first-order valence-corrected chi connectivity index (χ1v) is 10.9. The molecule has 3 rings (SSSR count). The maximum absolute atomic E-state index is 15.2. The first-order valence-electron chi connectivity index (χ1n) is 10.9. The van der Waals surface area contributed by atoms with E-state index < -0.39 is 28.9 Å². The van der Waals surface area contributed by atoms with Crippen LogP contribution in [0.4, 0.5) is 19.0 Å². The first-order chi connectivity index (χ1) is 16.4. The third-order valence-electron chi connectivity index (χ3n) is 5.53. The molecule has 1 unspecified atom stereocenters. The summed E-state index contributed by atoms with van der Waals surface area (Å²) in [5.41, 5.74) is -2.64. The van der Waals surface area contributed by atoms with Crippen LogP contribution in [0.2, 0.25) is 0 Å². The lowest BCUT2D eigenvalue weighted by molar-refractivity contribution is -0.170. The lowest BCUT2D eigenvalue weighted by Crippen LogP contribution is -2.41. The molecule has 0 saturated carbocycles. The van der Waals surface area contributed by atoms with E-state index >= 15 is 4.39 Å². The van der Waals surface area contributed by atoms with Crippen molar-refractivity contribution >= 4 is 16.7 Å². The number of methoxy groups -OCH3 is 1. The molecule has 0 saturated heterocycles. The largest absolute Gasteiger partial charge is 0.490 e.